The van der Waals surface area contributed by atoms with E-state index in [9.17, 15) is 0 Å². The zero-order valence-electron chi connectivity index (χ0n) is 10.3. The molecule has 0 spiro atoms. The molecule has 92 valence electrons. The molecule has 0 radical (unpaired) electrons. The molecule has 1 saturated carbocycles. The van der Waals surface area contributed by atoms with Crippen LogP contribution < -0.4 is 11.1 Å². The molecule has 0 aromatic heterocycles. The Morgan fingerprint density at radius 3 is 2.88 bits per heavy atom. The van der Waals surface area contributed by atoms with Crippen molar-refractivity contribution in [3.05, 3.63) is 35.4 Å². The number of nitrogens with zero attached hydrogens (tertiary/aromatic N) is 1. The van der Waals surface area contributed by atoms with Crippen LogP contribution in [0.4, 0.5) is 0 Å². The van der Waals surface area contributed by atoms with Crippen molar-refractivity contribution in [2.75, 3.05) is 0 Å². The molecule has 0 saturated heterocycles. The van der Waals surface area contributed by atoms with Crippen LogP contribution >= 0.6 is 0 Å². The Morgan fingerprint density at radius 1 is 1.59 bits per heavy atom. The summed E-state index contributed by atoms with van der Waals surface area (Å²) in [7, 11) is 0. The number of hydrogen-bond acceptors (Lipinski definition) is 3. The van der Waals surface area contributed by atoms with Crippen LogP contribution in [0, 0.1) is 5.41 Å². The summed E-state index contributed by atoms with van der Waals surface area (Å²) < 4.78 is 0. The lowest BCUT2D eigenvalue weighted by atomic mass is 10.1. The fourth-order valence-electron chi connectivity index (χ4n) is 1.96. The fraction of sp³-hybridized carbons (Fsp3) is 0.462. The van der Waals surface area contributed by atoms with Gasteiger partial charge in [0.05, 0.1) is 0 Å². The molecule has 1 aliphatic carbocycles. The highest BCUT2D eigenvalue weighted by Crippen LogP contribution is 2.44. The van der Waals surface area contributed by atoms with Crippen LogP contribution in [0.3, 0.4) is 0 Å². The van der Waals surface area contributed by atoms with Gasteiger partial charge >= 0.3 is 0 Å². The van der Waals surface area contributed by atoms with Gasteiger partial charge in [0.15, 0.2) is 5.84 Å². The minimum absolute atomic E-state index is 0.151. The third-order valence-corrected chi connectivity index (χ3v) is 3.40. The van der Waals surface area contributed by atoms with Crippen LogP contribution in [0.25, 0.3) is 0 Å². The van der Waals surface area contributed by atoms with Gasteiger partial charge in [-0.15, -0.1) is 0 Å². The van der Waals surface area contributed by atoms with Crippen molar-refractivity contribution >= 4 is 5.84 Å². The maximum absolute atomic E-state index is 8.62. The maximum atomic E-state index is 8.62. The maximum Gasteiger partial charge on any atom is 0.170 e. The Labute approximate surface area is 102 Å². The Hall–Kier alpha value is -1.55. The number of amidine groups is 1. The summed E-state index contributed by atoms with van der Waals surface area (Å²) in [4.78, 5) is 0. The van der Waals surface area contributed by atoms with Crippen molar-refractivity contribution in [1.82, 2.24) is 5.32 Å². The molecule has 4 heteroatoms. The van der Waals surface area contributed by atoms with Gasteiger partial charge in [0.1, 0.15) is 0 Å². The van der Waals surface area contributed by atoms with E-state index in [1.165, 1.54) is 6.42 Å². The molecule has 4 N–H and O–H groups in total. The smallest absolute Gasteiger partial charge is 0.170 e. The first-order chi connectivity index (χ1) is 8.03. The van der Waals surface area contributed by atoms with Crippen LogP contribution in [0.2, 0.25) is 0 Å². The zero-order valence-corrected chi connectivity index (χ0v) is 10.3. The average Bonchev–Trinajstić information content (AvgIpc) is 2.94. The highest BCUT2D eigenvalue weighted by molar-refractivity contribution is 5.97. The fourth-order valence-corrected chi connectivity index (χ4v) is 1.96. The predicted molar refractivity (Wildman–Crippen MR) is 68.0 cm³/mol. The molecule has 0 amide bonds. The predicted octanol–water partition coefficient (Wildman–Crippen LogP) is 1.67. The first-order valence-corrected chi connectivity index (χ1v) is 5.83. The molecule has 17 heavy (non-hydrogen) atoms. The number of oxime groups is 1. The van der Waals surface area contributed by atoms with Gasteiger partial charge in [-0.25, -0.2) is 0 Å². The lowest BCUT2D eigenvalue weighted by molar-refractivity contribution is 0.318. The summed E-state index contributed by atoms with van der Waals surface area (Å²) in [6.07, 6.45) is 1.23. The summed E-state index contributed by atoms with van der Waals surface area (Å²) in [5.74, 6) is 0.151. The molecule has 1 unspecified atom stereocenters. The molecular weight excluding hydrogens is 214 g/mol. The average molecular weight is 233 g/mol. The van der Waals surface area contributed by atoms with Crippen LogP contribution in [0.15, 0.2) is 29.4 Å². The minimum Gasteiger partial charge on any atom is -0.409 e. The van der Waals surface area contributed by atoms with Gasteiger partial charge in [-0.2, -0.15) is 0 Å². The second kappa shape index (κ2) is 4.37. The monoisotopic (exact) mass is 233 g/mol. The number of nitrogens with two attached hydrogens (primary N) is 1. The summed E-state index contributed by atoms with van der Waals surface area (Å²) in [6.45, 7) is 5.34. The number of nitrogens with one attached hydrogen (secondary N) is 1. The van der Waals surface area contributed by atoms with E-state index >= 15 is 0 Å². The molecule has 2 rings (SSSR count). The topological polar surface area (TPSA) is 70.6 Å². The molecule has 4 nitrogen and oxygen atoms in total. The summed E-state index contributed by atoms with van der Waals surface area (Å²) in [6, 6.07) is 8.34. The lowest BCUT2D eigenvalue weighted by Gasteiger charge is -2.07. The van der Waals surface area contributed by atoms with E-state index in [0.717, 1.165) is 17.7 Å². The minimum atomic E-state index is 0.151. The van der Waals surface area contributed by atoms with Gasteiger partial charge in [-0.05, 0) is 23.5 Å². The van der Waals surface area contributed by atoms with E-state index in [2.05, 4.69) is 24.3 Å². The molecule has 0 heterocycles. The molecule has 1 aliphatic rings. The van der Waals surface area contributed by atoms with Gasteiger partial charge in [0.2, 0.25) is 0 Å². The van der Waals surface area contributed by atoms with E-state index in [1.54, 1.807) is 0 Å². The molecule has 1 fully saturated rings. The van der Waals surface area contributed by atoms with E-state index in [1.807, 2.05) is 24.3 Å². The van der Waals surface area contributed by atoms with Crippen LogP contribution in [-0.4, -0.2) is 17.1 Å². The SMILES string of the molecule is CC1(C)CC1NCc1cccc(C(N)=NO)c1. The summed E-state index contributed by atoms with van der Waals surface area (Å²) in [5, 5.41) is 15.1. The third kappa shape index (κ3) is 2.77. The Kier molecular flexibility index (Phi) is 3.07. The van der Waals surface area contributed by atoms with E-state index in [-0.39, 0.29) is 5.84 Å². The normalized spacial score (nSPS) is 22.5. The van der Waals surface area contributed by atoms with Crippen LogP contribution in [0.5, 0.6) is 0 Å². The molecule has 0 aliphatic heterocycles. The van der Waals surface area contributed by atoms with Gasteiger partial charge < -0.3 is 16.3 Å². The van der Waals surface area contributed by atoms with Crippen molar-refractivity contribution in [3.8, 4) is 0 Å². The van der Waals surface area contributed by atoms with Gasteiger partial charge in [-0.1, -0.05) is 37.2 Å². The van der Waals surface area contributed by atoms with Gasteiger partial charge in [0, 0.05) is 18.2 Å². The van der Waals surface area contributed by atoms with Crippen molar-refractivity contribution < 1.29 is 5.21 Å². The van der Waals surface area contributed by atoms with Gasteiger partial charge in [-0.3, -0.25) is 0 Å². The molecule has 1 aromatic carbocycles. The zero-order chi connectivity index (χ0) is 12.5. The van der Waals surface area contributed by atoms with Gasteiger partial charge in [0.25, 0.3) is 0 Å². The third-order valence-electron chi connectivity index (χ3n) is 3.40. The highest BCUT2D eigenvalue weighted by atomic mass is 16.4. The Balaban J connectivity index is 1.97. The number of rotatable bonds is 4. The van der Waals surface area contributed by atoms with Crippen LogP contribution in [0.1, 0.15) is 31.4 Å². The van der Waals surface area contributed by atoms with Crippen molar-refractivity contribution in [1.29, 1.82) is 0 Å². The first kappa shape index (κ1) is 11.9. The van der Waals surface area contributed by atoms with Crippen molar-refractivity contribution in [3.63, 3.8) is 0 Å². The number of hydrogen-bond donors (Lipinski definition) is 3. The highest BCUT2D eigenvalue weighted by Gasteiger charge is 2.44. The van der Waals surface area contributed by atoms with Crippen molar-refractivity contribution in [2.45, 2.75) is 32.9 Å². The largest absolute Gasteiger partial charge is 0.409 e. The Bertz CT molecular complexity index is 440. The first-order valence-electron chi connectivity index (χ1n) is 5.83. The second-order valence-electron chi connectivity index (χ2n) is 5.31. The molecule has 1 aromatic rings. The standard InChI is InChI=1S/C13H19N3O/c1-13(2)7-11(13)15-8-9-4-3-5-10(6-9)12(14)16-17/h3-6,11,15,17H,7-8H2,1-2H3,(H2,14,16). The molecule has 0 bridgehead atoms. The summed E-state index contributed by atoms with van der Waals surface area (Å²) in [5.41, 5.74) is 7.89. The van der Waals surface area contributed by atoms with E-state index < -0.39 is 0 Å². The second-order valence-corrected chi connectivity index (χ2v) is 5.31. The molecule has 1 atom stereocenters. The quantitative estimate of drug-likeness (QED) is 0.320. The number of benzene rings is 1. The van der Waals surface area contributed by atoms with Crippen LogP contribution in [-0.2, 0) is 6.54 Å². The molecular formula is C13H19N3O. The van der Waals surface area contributed by atoms with E-state index in [0.29, 0.717) is 11.5 Å². The van der Waals surface area contributed by atoms with Crippen molar-refractivity contribution in [2.24, 2.45) is 16.3 Å². The summed E-state index contributed by atoms with van der Waals surface area (Å²) >= 11 is 0. The Morgan fingerprint density at radius 2 is 2.29 bits per heavy atom. The van der Waals surface area contributed by atoms with E-state index in [4.69, 9.17) is 10.9 Å². The lowest BCUT2D eigenvalue weighted by Crippen LogP contribution is -2.20.